The number of aromatic amines is 1. The quantitative estimate of drug-likeness (QED) is 0.283. The highest BCUT2D eigenvalue weighted by Gasteiger charge is 2.68. The Morgan fingerprint density at radius 1 is 1.16 bits per heavy atom. The molecule has 12 nitrogen and oxygen atoms in total. The molecule has 0 saturated heterocycles. The number of esters is 2. The van der Waals surface area contributed by atoms with Gasteiger partial charge in [-0.05, 0) is 67.8 Å². The van der Waals surface area contributed by atoms with Gasteiger partial charge >= 0.3 is 11.9 Å². The summed E-state index contributed by atoms with van der Waals surface area (Å²) in [5.74, 6) is -2.41. The molecular weight excluding hydrogens is 570 g/mol. The molecule has 1 amide bonds. The Bertz CT molecular complexity index is 1340. The molecule has 0 aliphatic heterocycles. The standard InChI is InChI=1S/C32H43N3O9/c1-30-10-8-20(36)12-18(30)4-5-21-22-9-11-32(42,31(22,2)14-24(37)28(21)30)25(38)16-44-27(40)7-6-26(39)35-23(29(41)43-3)13-19-15-33-17-34-19/h12,15,17,21-24,28,37,42H,4-11,13-14,16H2,1-3H3,(H,33,34)(H,35,39)/t21-,22+,23-,24-,28+,30-,31-,32-/m0/s1. The molecule has 0 unspecified atom stereocenters. The zero-order valence-electron chi connectivity index (χ0n) is 25.6. The Morgan fingerprint density at radius 2 is 1.93 bits per heavy atom. The Labute approximate surface area is 256 Å². The van der Waals surface area contributed by atoms with Crippen LogP contribution in [0.3, 0.4) is 0 Å². The van der Waals surface area contributed by atoms with Gasteiger partial charge in [-0.15, -0.1) is 0 Å². The van der Waals surface area contributed by atoms with Gasteiger partial charge in [-0.2, -0.15) is 0 Å². The number of rotatable bonds is 10. The lowest BCUT2D eigenvalue weighted by atomic mass is 9.45. The molecule has 240 valence electrons. The summed E-state index contributed by atoms with van der Waals surface area (Å²) in [4.78, 5) is 69.4. The summed E-state index contributed by atoms with van der Waals surface area (Å²) in [6, 6.07) is -0.976. The van der Waals surface area contributed by atoms with Gasteiger partial charge in [0.1, 0.15) is 11.6 Å². The van der Waals surface area contributed by atoms with Crippen molar-refractivity contribution in [1.82, 2.24) is 15.3 Å². The van der Waals surface area contributed by atoms with E-state index in [-0.39, 0.29) is 61.1 Å². The SMILES string of the molecule is COC(=O)[C@H](Cc1cnc[nH]1)NC(=O)CCC(=O)OCC(=O)[C@@]1(O)CC[C@@H]2[C@@H]3CCC4=CC(=O)CC[C@]4(C)[C@H]3[C@@H](O)C[C@@]21C. The Hall–Kier alpha value is -3.38. The fourth-order valence-electron chi connectivity index (χ4n) is 8.92. The van der Waals surface area contributed by atoms with Crippen molar-refractivity contribution in [3.8, 4) is 0 Å². The summed E-state index contributed by atoms with van der Waals surface area (Å²) in [6.07, 6.45) is 7.31. The monoisotopic (exact) mass is 613 g/mol. The molecule has 0 spiro atoms. The predicted octanol–water partition coefficient (Wildman–Crippen LogP) is 1.74. The van der Waals surface area contributed by atoms with Crippen molar-refractivity contribution in [3.05, 3.63) is 29.9 Å². The number of nitrogens with zero attached hydrogens (tertiary/aromatic N) is 1. The van der Waals surface area contributed by atoms with E-state index in [0.717, 1.165) is 18.4 Å². The van der Waals surface area contributed by atoms with Crippen LogP contribution in [-0.2, 0) is 39.9 Å². The van der Waals surface area contributed by atoms with E-state index < -0.39 is 53.4 Å². The number of carbonyl (C=O) groups is 5. The van der Waals surface area contributed by atoms with E-state index in [1.807, 2.05) is 6.92 Å². The number of Topliss-reactive ketones (excluding diaryl/α,β-unsaturated/α-hetero) is 1. The summed E-state index contributed by atoms with van der Waals surface area (Å²) in [6.45, 7) is 3.38. The van der Waals surface area contributed by atoms with Gasteiger partial charge in [-0.25, -0.2) is 9.78 Å². The zero-order valence-corrected chi connectivity index (χ0v) is 25.6. The maximum atomic E-state index is 13.5. The minimum Gasteiger partial charge on any atom is -0.467 e. The first kappa shape index (κ1) is 32.0. The van der Waals surface area contributed by atoms with Crippen LogP contribution in [0.5, 0.6) is 0 Å². The Balaban J connectivity index is 1.16. The number of ether oxygens (including phenoxy) is 2. The fourth-order valence-corrected chi connectivity index (χ4v) is 8.92. The maximum Gasteiger partial charge on any atom is 0.328 e. The first-order chi connectivity index (χ1) is 20.8. The number of amides is 1. The molecule has 5 rings (SSSR count). The van der Waals surface area contributed by atoms with Crippen molar-refractivity contribution in [1.29, 1.82) is 0 Å². The van der Waals surface area contributed by atoms with Crippen molar-refractivity contribution in [3.63, 3.8) is 0 Å². The summed E-state index contributed by atoms with van der Waals surface area (Å²) >= 11 is 0. The first-order valence-corrected chi connectivity index (χ1v) is 15.5. The van der Waals surface area contributed by atoms with Crippen molar-refractivity contribution >= 4 is 29.4 Å². The number of fused-ring (bicyclic) bond motifs is 5. The number of hydrogen-bond donors (Lipinski definition) is 4. The van der Waals surface area contributed by atoms with Gasteiger partial charge in [0.05, 0.1) is 26.0 Å². The molecule has 4 N–H and O–H groups in total. The van der Waals surface area contributed by atoms with E-state index in [9.17, 15) is 34.2 Å². The number of imidazole rings is 1. The van der Waals surface area contributed by atoms with Gasteiger partial charge < -0.3 is 30.0 Å². The van der Waals surface area contributed by atoms with Crippen LogP contribution in [-0.4, -0.2) is 81.1 Å². The molecule has 4 aliphatic carbocycles. The van der Waals surface area contributed by atoms with Gasteiger partial charge in [0.25, 0.3) is 0 Å². The van der Waals surface area contributed by atoms with Crippen LogP contribution in [0.15, 0.2) is 24.2 Å². The lowest BCUT2D eigenvalue weighted by Crippen LogP contribution is -2.62. The molecule has 3 saturated carbocycles. The third-order valence-electron chi connectivity index (χ3n) is 11.2. The molecular formula is C32H43N3O9. The molecule has 12 heteroatoms. The summed E-state index contributed by atoms with van der Waals surface area (Å²) < 4.78 is 9.96. The van der Waals surface area contributed by atoms with Crippen LogP contribution in [0, 0.1) is 28.6 Å². The lowest BCUT2D eigenvalue weighted by Gasteiger charge is -2.60. The molecule has 1 aromatic rings. The number of ketones is 2. The normalized spacial score (nSPS) is 34.9. The summed E-state index contributed by atoms with van der Waals surface area (Å²) in [5, 5.41) is 25.9. The average Bonchev–Trinajstić information content (AvgIpc) is 3.60. The molecule has 0 radical (unpaired) electrons. The fraction of sp³-hybridized carbons (Fsp3) is 0.688. The average molecular weight is 614 g/mol. The summed E-state index contributed by atoms with van der Waals surface area (Å²) in [7, 11) is 1.21. The highest BCUT2D eigenvalue weighted by Crippen LogP contribution is 2.67. The smallest absolute Gasteiger partial charge is 0.328 e. The molecule has 1 aromatic heterocycles. The van der Waals surface area contributed by atoms with Gasteiger partial charge in [0.2, 0.25) is 11.7 Å². The molecule has 0 bridgehead atoms. The summed E-state index contributed by atoms with van der Waals surface area (Å²) in [5.41, 5.74) is -1.20. The highest BCUT2D eigenvalue weighted by atomic mass is 16.5. The number of carbonyl (C=O) groups excluding carboxylic acids is 5. The van der Waals surface area contributed by atoms with Gasteiger partial charge in [0.15, 0.2) is 12.4 Å². The lowest BCUT2D eigenvalue weighted by molar-refractivity contribution is -0.184. The second-order valence-electron chi connectivity index (χ2n) is 13.5. The minimum atomic E-state index is -1.76. The number of aliphatic hydroxyl groups excluding tert-OH is 1. The molecule has 8 atom stereocenters. The molecule has 4 aliphatic rings. The van der Waals surface area contributed by atoms with Crippen LogP contribution in [0.4, 0.5) is 0 Å². The molecule has 3 fully saturated rings. The van der Waals surface area contributed by atoms with Gasteiger partial charge in [0, 0.05) is 36.6 Å². The van der Waals surface area contributed by atoms with Crippen LogP contribution < -0.4 is 5.32 Å². The van der Waals surface area contributed by atoms with E-state index in [1.54, 1.807) is 6.08 Å². The predicted molar refractivity (Wildman–Crippen MR) is 154 cm³/mol. The van der Waals surface area contributed by atoms with Crippen LogP contribution >= 0.6 is 0 Å². The number of hydrogen-bond acceptors (Lipinski definition) is 10. The number of H-pyrrole nitrogens is 1. The number of allylic oxidation sites excluding steroid dienone is 1. The minimum absolute atomic E-state index is 0.00441. The van der Waals surface area contributed by atoms with Crippen molar-refractivity contribution < 1.29 is 43.7 Å². The molecule has 1 heterocycles. The Kier molecular flexibility index (Phi) is 8.87. The number of nitrogens with one attached hydrogen (secondary N) is 2. The third kappa shape index (κ3) is 5.62. The van der Waals surface area contributed by atoms with Crippen LogP contribution in [0.1, 0.15) is 77.3 Å². The first-order valence-electron chi connectivity index (χ1n) is 15.5. The molecule has 44 heavy (non-hydrogen) atoms. The van der Waals surface area contributed by atoms with E-state index in [0.29, 0.717) is 25.0 Å². The van der Waals surface area contributed by atoms with Gasteiger partial charge in [-0.3, -0.25) is 19.2 Å². The van der Waals surface area contributed by atoms with Crippen molar-refractivity contribution in [2.75, 3.05) is 13.7 Å². The zero-order chi connectivity index (χ0) is 31.9. The van der Waals surface area contributed by atoms with Crippen molar-refractivity contribution in [2.45, 2.75) is 95.8 Å². The van der Waals surface area contributed by atoms with Gasteiger partial charge in [-0.1, -0.05) is 19.4 Å². The highest BCUT2D eigenvalue weighted by molar-refractivity contribution is 5.92. The number of aliphatic hydroxyl groups is 2. The molecule has 0 aromatic carbocycles. The van der Waals surface area contributed by atoms with Crippen LogP contribution in [0.2, 0.25) is 0 Å². The van der Waals surface area contributed by atoms with E-state index in [1.165, 1.54) is 19.6 Å². The van der Waals surface area contributed by atoms with Crippen molar-refractivity contribution in [2.24, 2.45) is 28.6 Å². The topological polar surface area (TPSA) is 185 Å². The maximum absolute atomic E-state index is 13.5. The van der Waals surface area contributed by atoms with E-state index >= 15 is 0 Å². The second-order valence-corrected chi connectivity index (χ2v) is 13.5. The van der Waals surface area contributed by atoms with Crippen LogP contribution in [0.25, 0.3) is 0 Å². The number of aromatic nitrogens is 2. The third-order valence-corrected chi connectivity index (χ3v) is 11.2. The second kappa shape index (κ2) is 12.2. The largest absolute Gasteiger partial charge is 0.467 e. The van der Waals surface area contributed by atoms with E-state index in [2.05, 4.69) is 22.2 Å². The van der Waals surface area contributed by atoms with E-state index in [4.69, 9.17) is 9.47 Å². The number of methoxy groups -OCH3 is 1. The Morgan fingerprint density at radius 3 is 2.64 bits per heavy atom.